The molecule has 0 saturated carbocycles. The second-order valence-corrected chi connectivity index (χ2v) is 8.11. The molecule has 0 aliphatic carbocycles. The van der Waals surface area contributed by atoms with E-state index in [1.807, 2.05) is 38.1 Å². The van der Waals surface area contributed by atoms with Crippen molar-refractivity contribution in [2.24, 2.45) is 7.05 Å². The van der Waals surface area contributed by atoms with Gasteiger partial charge in [-0.05, 0) is 57.2 Å². The van der Waals surface area contributed by atoms with Gasteiger partial charge in [-0.2, -0.15) is 5.10 Å². The molecule has 2 heterocycles. The number of amides is 1. The molecule has 1 amide bonds. The second kappa shape index (κ2) is 8.82. The van der Waals surface area contributed by atoms with Crippen molar-refractivity contribution in [3.8, 4) is 5.69 Å². The van der Waals surface area contributed by atoms with Gasteiger partial charge >= 0.3 is 0 Å². The Kier molecular flexibility index (Phi) is 5.91. The van der Waals surface area contributed by atoms with Crippen molar-refractivity contribution in [3.63, 3.8) is 0 Å². The molecule has 0 aliphatic rings. The number of ketones is 1. The van der Waals surface area contributed by atoms with Crippen LogP contribution in [-0.4, -0.2) is 31.0 Å². The monoisotopic (exact) mass is 443 g/mol. The van der Waals surface area contributed by atoms with Gasteiger partial charge < -0.3 is 5.32 Å². The van der Waals surface area contributed by atoms with Crippen LogP contribution in [0, 0.1) is 13.8 Å². The molecule has 8 nitrogen and oxygen atoms in total. The number of aromatic nitrogens is 4. The fraction of sp³-hybridized carbons (Fsp3) is 0.240. The van der Waals surface area contributed by atoms with Gasteiger partial charge in [0.05, 0.1) is 11.4 Å². The van der Waals surface area contributed by atoms with Crippen LogP contribution in [0.4, 0.5) is 5.69 Å². The van der Waals surface area contributed by atoms with E-state index >= 15 is 0 Å². The van der Waals surface area contributed by atoms with E-state index in [-0.39, 0.29) is 30.1 Å². The Bertz CT molecular complexity index is 1410. The summed E-state index contributed by atoms with van der Waals surface area (Å²) in [6, 6.07) is 14.6. The molecule has 0 atom stereocenters. The zero-order valence-electron chi connectivity index (χ0n) is 19.0. The number of hydrogen-bond donors (Lipinski definition) is 1. The first-order valence-electron chi connectivity index (χ1n) is 10.7. The summed E-state index contributed by atoms with van der Waals surface area (Å²) in [5.41, 5.74) is 5.17. The molecule has 0 aliphatic heterocycles. The van der Waals surface area contributed by atoms with E-state index in [0.29, 0.717) is 33.8 Å². The number of Topliss-reactive ketones (excluding diaryl/α,β-unsaturated/α-hetero) is 1. The summed E-state index contributed by atoms with van der Waals surface area (Å²) in [4.78, 5) is 41.4. The van der Waals surface area contributed by atoms with Crippen LogP contribution in [0.3, 0.4) is 0 Å². The van der Waals surface area contributed by atoms with Crippen LogP contribution in [0.1, 0.15) is 40.7 Å². The van der Waals surface area contributed by atoms with Crippen molar-refractivity contribution in [1.29, 1.82) is 0 Å². The lowest BCUT2D eigenvalue weighted by Gasteiger charge is -2.09. The predicted octanol–water partition coefficient (Wildman–Crippen LogP) is 3.51. The van der Waals surface area contributed by atoms with Crippen LogP contribution >= 0.6 is 0 Å². The number of benzene rings is 2. The molecule has 0 spiro atoms. The topological polar surface area (TPSA) is 98.9 Å². The van der Waals surface area contributed by atoms with Gasteiger partial charge in [0.25, 0.3) is 5.56 Å². The Morgan fingerprint density at radius 1 is 1.00 bits per heavy atom. The van der Waals surface area contributed by atoms with Crippen molar-refractivity contribution >= 4 is 28.5 Å². The quantitative estimate of drug-likeness (QED) is 0.460. The molecule has 4 aromatic rings. The lowest BCUT2D eigenvalue weighted by Crippen LogP contribution is -2.25. The Hall–Kier alpha value is -4.07. The highest BCUT2D eigenvalue weighted by Gasteiger charge is 2.18. The largest absolute Gasteiger partial charge is 0.326 e. The van der Waals surface area contributed by atoms with Crippen molar-refractivity contribution in [2.45, 2.75) is 33.6 Å². The number of carbonyl (C=O) groups is 2. The molecule has 2 aromatic carbocycles. The zero-order valence-corrected chi connectivity index (χ0v) is 19.0. The van der Waals surface area contributed by atoms with Gasteiger partial charge in [0.2, 0.25) is 5.91 Å². The maximum Gasteiger partial charge on any atom is 0.273 e. The molecule has 0 fully saturated rings. The molecular weight excluding hydrogens is 418 g/mol. The Morgan fingerprint density at radius 2 is 1.67 bits per heavy atom. The number of fused-ring (bicyclic) bond motifs is 1. The van der Waals surface area contributed by atoms with Crippen molar-refractivity contribution in [3.05, 3.63) is 81.4 Å². The van der Waals surface area contributed by atoms with E-state index in [0.717, 1.165) is 11.3 Å². The molecule has 2 aromatic heterocycles. The van der Waals surface area contributed by atoms with Crippen LogP contribution in [0.15, 0.2) is 53.3 Å². The summed E-state index contributed by atoms with van der Waals surface area (Å²) < 4.78 is 3.26. The van der Waals surface area contributed by atoms with Crippen LogP contribution in [0.2, 0.25) is 0 Å². The fourth-order valence-electron chi connectivity index (χ4n) is 3.68. The second-order valence-electron chi connectivity index (χ2n) is 8.11. The van der Waals surface area contributed by atoms with Gasteiger partial charge in [-0.25, -0.2) is 9.67 Å². The molecule has 0 unspecified atom stereocenters. The standard InChI is InChI=1S/C25H25N5O3/c1-15-5-11-20(12-6-15)30-24-23(16(2)28-30)27-21(25(33)29(24)4)13-14-22(32)26-19-9-7-18(8-10-19)17(3)31/h5-12H,13-14H2,1-4H3,(H,26,32). The number of anilines is 1. The van der Waals surface area contributed by atoms with Crippen molar-refractivity contribution in [2.75, 3.05) is 5.32 Å². The molecule has 0 bridgehead atoms. The van der Waals surface area contributed by atoms with E-state index in [9.17, 15) is 14.4 Å². The first-order valence-corrected chi connectivity index (χ1v) is 10.7. The van der Waals surface area contributed by atoms with Crippen LogP contribution in [-0.2, 0) is 18.3 Å². The minimum absolute atomic E-state index is 0.0359. The number of nitrogens with zero attached hydrogens (tertiary/aromatic N) is 4. The minimum atomic E-state index is -0.255. The SMILES string of the molecule is CC(=O)c1ccc(NC(=O)CCc2nc3c(C)nn(-c4ccc(C)cc4)c3n(C)c2=O)cc1. The number of nitrogens with one attached hydrogen (secondary N) is 1. The summed E-state index contributed by atoms with van der Waals surface area (Å²) in [5, 5.41) is 7.38. The van der Waals surface area contributed by atoms with Gasteiger partial charge in [0.15, 0.2) is 11.4 Å². The zero-order chi connectivity index (χ0) is 23.7. The molecule has 1 N–H and O–H groups in total. The van der Waals surface area contributed by atoms with E-state index in [2.05, 4.69) is 15.4 Å². The molecule has 0 saturated heterocycles. The molecular formula is C25H25N5O3. The van der Waals surface area contributed by atoms with Crippen LogP contribution < -0.4 is 10.9 Å². The molecule has 8 heteroatoms. The predicted molar refractivity (Wildman–Crippen MR) is 127 cm³/mol. The highest BCUT2D eigenvalue weighted by atomic mass is 16.2. The van der Waals surface area contributed by atoms with Gasteiger partial charge in [-0.1, -0.05) is 17.7 Å². The summed E-state index contributed by atoms with van der Waals surface area (Å²) >= 11 is 0. The van der Waals surface area contributed by atoms with Crippen molar-refractivity contribution < 1.29 is 9.59 Å². The normalized spacial score (nSPS) is 11.0. The maximum absolute atomic E-state index is 13.0. The third-order valence-corrected chi connectivity index (χ3v) is 5.56. The average Bonchev–Trinajstić information content (AvgIpc) is 3.12. The van der Waals surface area contributed by atoms with Gasteiger partial charge in [0.1, 0.15) is 11.2 Å². The van der Waals surface area contributed by atoms with Gasteiger partial charge in [-0.3, -0.25) is 19.0 Å². The summed E-state index contributed by atoms with van der Waals surface area (Å²) in [7, 11) is 1.69. The first-order chi connectivity index (χ1) is 15.7. The number of aryl methyl sites for hydroxylation is 4. The summed E-state index contributed by atoms with van der Waals surface area (Å²) in [5.74, 6) is -0.271. The lowest BCUT2D eigenvalue weighted by molar-refractivity contribution is -0.116. The number of carbonyl (C=O) groups excluding carboxylic acids is 2. The summed E-state index contributed by atoms with van der Waals surface area (Å²) in [6.45, 7) is 5.35. The van der Waals surface area contributed by atoms with Crippen LogP contribution in [0.25, 0.3) is 16.9 Å². The molecule has 0 radical (unpaired) electrons. The number of rotatable bonds is 6. The van der Waals surface area contributed by atoms with Crippen LogP contribution in [0.5, 0.6) is 0 Å². The van der Waals surface area contributed by atoms with Crippen molar-refractivity contribution in [1.82, 2.24) is 19.3 Å². The summed E-state index contributed by atoms with van der Waals surface area (Å²) in [6.07, 6.45) is 0.308. The maximum atomic E-state index is 13.0. The fourth-order valence-corrected chi connectivity index (χ4v) is 3.68. The van der Waals surface area contributed by atoms with E-state index in [4.69, 9.17) is 0 Å². The number of hydrogen-bond acceptors (Lipinski definition) is 5. The Morgan fingerprint density at radius 3 is 2.30 bits per heavy atom. The molecule has 168 valence electrons. The van der Waals surface area contributed by atoms with E-state index in [1.165, 1.54) is 11.5 Å². The minimum Gasteiger partial charge on any atom is -0.326 e. The lowest BCUT2D eigenvalue weighted by atomic mass is 10.1. The smallest absolute Gasteiger partial charge is 0.273 e. The third kappa shape index (κ3) is 4.45. The Balaban J connectivity index is 1.56. The first kappa shape index (κ1) is 22.1. The Labute approximate surface area is 190 Å². The van der Waals surface area contributed by atoms with Gasteiger partial charge in [0, 0.05) is 31.1 Å². The highest BCUT2D eigenvalue weighted by molar-refractivity contribution is 5.95. The van der Waals surface area contributed by atoms with Gasteiger partial charge in [-0.15, -0.1) is 0 Å². The van der Waals surface area contributed by atoms with E-state index in [1.54, 1.807) is 36.0 Å². The van der Waals surface area contributed by atoms with E-state index < -0.39 is 0 Å². The molecule has 33 heavy (non-hydrogen) atoms. The third-order valence-electron chi connectivity index (χ3n) is 5.56. The molecule has 4 rings (SSSR count). The average molecular weight is 444 g/mol. The highest BCUT2D eigenvalue weighted by Crippen LogP contribution is 2.20.